The van der Waals surface area contributed by atoms with Crippen LogP contribution in [0.5, 0.6) is 0 Å². The molecule has 94 valence electrons. The van der Waals surface area contributed by atoms with E-state index in [1.807, 2.05) is 0 Å². The Bertz CT molecular complexity index is 366. The lowest BCUT2D eigenvalue weighted by molar-refractivity contribution is -0.126. The van der Waals surface area contributed by atoms with Crippen LogP contribution >= 0.6 is 0 Å². The minimum atomic E-state index is -1.18. The van der Waals surface area contributed by atoms with Gasteiger partial charge in [0.1, 0.15) is 11.4 Å². The topological polar surface area (TPSA) is 71.7 Å². The molecule has 2 unspecified atom stereocenters. The zero-order valence-electron chi connectivity index (χ0n) is 9.81. The molecule has 1 aliphatic rings. The molecule has 0 aliphatic carbocycles. The molecule has 17 heavy (non-hydrogen) atoms. The van der Waals surface area contributed by atoms with Crippen molar-refractivity contribution >= 4 is 5.91 Å². The summed E-state index contributed by atoms with van der Waals surface area (Å²) in [5.41, 5.74) is -1.18. The van der Waals surface area contributed by atoms with Gasteiger partial charge in [-0.1, -0.05) is 0 Å². The molecule has 0 aromatic carbocycles. The number of hydrogen-bond acceptors (Lipinski definition) is 4. The van der Waals surface area contributed by atoms with Crippen molar-refractivity contribution < 1.29 is 19.1 Å². The average Bonchev–Trinajstić information content (AvgIpc) is 2.97. The summed E-state index contributed by atoms with van der Waals surface area (Å²) >= 11 is 0. The third-order valence-electron chi connectivity index (χ3n) is 2.96. The van der Waals surface area contributed by atoms with Gasteiger partial charge in [0, 0.05) is 6.61 Å². The Balaban J connectivity index is 1.87. The van der Waals surface area contributed by atoms with Gasteiger partial charge in [-0.3, -0.25) is 4.79 Å². The number of carbonyl (C=O) groups excluding carboxylic acids is 1. The van der Waals surface area contributed by atoms with E-state index in [1.54, 1.807) is 19.1 Å². The van der Waals surface area contributed by atoms with E-state index >= 15 is 0 Å². The highest BCUT2D eigenvalue weighted by molar-refractivity contribution is 5.79. The highest BCUT2D eigenvalue weighted by Crippen LogP contribution is 2.20. The number of carbonyl (C=O) groups is 1. The van der Waals surface area contributed by atoms with Crippen LogP contribution in [-0.4, -0.2) is 30.8 Å². The van der Waals surface area contributed by atoms with Crippen LogP contribution in [0, 0.1) is 5.92 Å². The van der Waals surface area contributed by atoms with Gasteiger partial charge in [0.25, 0.3) is 0 Å². The van der Waals surface area contributed by atoms with Crippen molar-refractivity contribution in [2.75, 3.05) is 19.8 Å². The fraction of sp³-hybridized carbons (Fsp3) is 0.583. The van der Waals surface area contributed by atoms with Crippen molar-refractivity contribution in [1.82, 2.24) is 5.32 Å². The van der Waals surface area contributed by atoms with Crippen molar-refractivity contribution in [3.63, 3.8) is 0 Å². The molecule has 0 spiro atoms. The molecule has 2 heterocycles. The Hall–Kier alpha value is -1.33. The standard InChI is InChI=1S/C12H17NO4/c1-12(15,10-3-2-5-17-10)8-13-11(14)9-4-6-16-7-9/h2-3,5,9,15H,4,6-8H2,1H3,(H,13,14). The lowest BCUT2D eigenvalue weighted by atomic mass is 10.0. The maximum absolute atomic E-state index is 11.7. The van der Waals surface area contributed by atoms with Gasteiger partial charge in [-0.15, -0.1) is 0 Å². The predicted molar refractivity (Wildman–Crippen MR) is 60.2 cm³/mol. The van der Waals surface area contributed by atoms with E-state index in [1.165, 1.54) is 6.26 Å². The van der Waals surface area contributed by atoms with Gasteiger partial charge in [0.2, 0.25) is 5.91 Å². The first kappa shape index (κ1) is 12.1. The summed E-state index contributed by atoms with van der Waals surface area (Å²) in [7, 11) is 0. The highest BCUT2D eigenvalue weighted by Gasteiger charge is 2.29. The summed E-state index contributed by atoms with van der Waals surface area (Å²) in [6.07, 6.45) is 2.24. The number of amides is 1. The van der Waals surface area contributed by atoms with Crippen LogP contribution < -0.4 is 5.32 Å². The number of furan rings is 1. The summed E-state index contributed by atoms with van der Waals surface area (Å²) in [5.74, 6) is 0.275. The van der Waals surface area contributed by atoms with Gasteiger partial charge in [0.05, 0.1) is 25.3 Å². The van der Waals surface area contributed by atoms with Crippen LogP contribution in [0.2, 0.25) is 0 Å². The van der Waals surface area contributed by atoms with Crippen LogP contribution in [-0.2, 0) is 15.1 Å². The van der Waals surface area contributed by atoms with Crippen molar-refractivity contribution in [1.29, 1.82) is 0 Å². The van der Waals surface area contributed by atoms with Crippen molar-refractivity contribution in [2.24, 2.45) is 5.92 Å². The number of aliphatic hydroxyl groups is 1. The Labute approximate surface area is 99.8 Å². The minimum Gasteiger partial charge on any atom is -0.466 e. The number of ether oxygens (including phenoxy) is 1. The van der Waals surface area contributed by atoms with Crippen LogP contribution in [0.4, 0.5) is 0 Å². The van der Waals surface area contributed by atoms with Crippen LogP contribution in [0.15, 0.2) is 22.8 Å². The molecule has 5 heteroatoms. The van der Waals surface area contributed by atoms with Gasteiger partial charge in [0.15, 0.2) is 0 Å². The number of hydrogen-bond donors (Lipinski definition) is 2. The molecule has 1 fully saturated rings. The molecule has 5 nitrogen and oxygen atoms in total. The van der Waals surface area contributed by atoms with E-state index in [0.717, 1.165) is 6.42 Å². The summed E-state index contributed by atoms with van der Waals surface area (Å²) < 4.78 is 10.3. The molecule has 1 aromatic rings. The molecule has 0 saturated carbocycles. The van der Waals surface area contributed by atoms with Crippen LogP contribution in [0.25, 0.3) is 0 Å². The van der Waals surface area contributed by atoms with E-state index in [0.29, 0.717) is 19.0 Å². The molecule has 1 amide bonds. The number of nitrogens with one attached hydrogen (secondary N) is 1. The predicted octanol–water partition coefficient (Wildman–Crippen LogP) is 0.640. The quantitative estimate of drug-likeness (QED) is 0.808. The smallest absolute Gasteiger partial charge is 0.225 e. The normalized spacial score (nSPS) is 23.3. The molecule has 1 aromatic heterocycles. The lowest BCUT2D eigenvalue weighted by Crippen LogP contribution is -2.41. The van der Waals surface area contributed by atoms with Crippen molar-refractivity contribution in [3.8, 4) is 0 Å². The lowest BCUT2D eigenvalue weighted by Gasteiger charge is -2.22. The van der Waals surface area contributed by atoms with E-state index in [9.17, 15) is 9.90 Å². The molecule has 2 N–H and O–H groups in total. The van der Waals surface area contributed by atoms with Gasteiger partial charge < -0.3 is 19.6 Å². The summed E-state index contributed by atoms with van der Waals surface area (Å²) in [4.78, 5) is 11.7. The fourth-order valence-corrected chi connectivity index (χ4v) is 1.82. The van der Waals surface area contributed by atoms with Crippen LogP contribution in [0.1, 0.15) is 19.1 Å². The van der Waals surface area contributed by atoms with Crippen LogP contribution in [0.3, 0.4) is 0 Å². The Morgan fingerprint density at radius 2 is 2.53 bits per heavy atom. The summed E-state index contributed by atoms with van der Waals surface area (Å²) in [5, 5.41) is 12.9. The highest BCUT2D eigenvalue weighted by atomic mass is 16.5. The van der Waals surface area contributed by atoms with Gasteiger partial charge in [-0.05, 0) is 25.5 Å². The Kier molecular flexibility index (Phi) is 3.49. The Morgan fingerprint density at radius 1 is 1.71 bits per heavy atom. The average molecular weight is 239 g/mol. The molecular weight excluding hydrogens is 222 g/mol. The second-order valence-electron chi connectivity index (χ2n) is 4.53. The zero-order chi connectivity index (χ0) is 12.3. The third-order valence-corrected chi connectivity index (χ3v) is 2.96. The molecule has 1 aliphatic heterocycles. The molecule has 0 radical (unpaired) electrons. The first-order valence-electron chi connectivity index (χ1n) is 5.71. The van der Waals surface area contributed by atoms with Crippen molar-refractivity contribution in [2.45, 2.75) is 18.9 Å². The van der Waals surface area contributed by atoms with E-state index in [4.69, 9.17) is 9.15 Å². The monoisotopic (exact) mass is 239 g/mol. The second kappa shape index (κ2) is 4.89. The molecule has 2 rings (SSSR count). The number of rotatable bonds is 4. The summed E-state index contributed by atoms with van der Waals surface area (Å²) in [6, 6.07) is 3.39. The molecule has 2 atom stereocenters. The minimum absolute atomic E-state index is 0.0747. The zero-order valence-corrected chi connectivity index (χ0v) is 9.81. The maximum Gasteiger partial charge on any atom is 0.225 e. The van der Waals surface area contributed by atoms with Crippen molar-refractivity contribution in [3.05, 3.63) is 24.2 Å². The van der Waals surface area contributed by atoms with Gasteiger partial charge in [-0.25, -0.2) is 0 Å². The second-order valence-corrected chi connectivity index (χ2v) is 4.53. The first-order valence-corrected chi connectivity index (χ1v) is 5.71. The fourth-order valence-electron chi connectivity index (χ4n) is 1.82. The first-order chi connectivity index (χ1) is 8.09. The molecule has 0 bridgehead atoms. The maximum atomic E-state index is 11.7. The van der Waals surface area contributed by atoms with Gasteiger partial charge in [-0.2, -0.15) is 0 Å². The Morgan fingerprint density at radius 3 is 3.12 bits per heavy atom. The van der Waals surface area contributed by atoms with Gasteiger partial charge >= 0.3 is 0 Å². The third kappa shape index (κ3) is 2.87. The SMILES string of the molecule is CC(O)(CNC(=O)C1CCOC1)c1ccco1. The van der Waals surface area contributed by atoms with E-state index in [-0.39, 0.29) is 18.4 Å². The van der Waals surface area contributed by atoms with E-state index < -0.39 is 5.60 Å². The molecular formula is C12H17NO4. The molecule has 1 saturated heterocycles. The summed E-state index contributed by atoms with van der Waals surface area (Å²) in [6.45, 7) is 2.84. The largest absolute Gasteiger partial charge is 0.466 e. The van der Waals surface area contributed by atoms with E-state index in [2.05, 4.69) is 5.32 Å².